The minimum absolute atomic E-state index is 0.0267. The average molecular weight is 741 g/mol. The molecule has 0 unspecified atom stereocenters. The van der Waals surface area contributed by atoms with Gasteiger partial charge in [-0.3, -0.25) is 9.59 Å². The zero-order valence-corrected chi connectivity index (χ0v) is 32.2. The van der Waals surface area contributed by atoms with Crippen molar-refractivity contribution < 1.29 is 41.8 Å². The van der Waals surface area contributed by atoms with Crippen LogP contribution in [0.4, 0.5) is 9.59 Å². The molecule has 2 N–H and O–H groups in total. The van der Waals surface area contributed by atoms with Crippen molar-refractivity contribution in [3.8, 4) is 10.4 Å². The van der Waals surface area contributed by atoms with Crippen molar-refractivity contribution in [1.82, 2.24) is 20.5 Å². The van der Waals surface area contributed by atoms with E-state index in [2.05, 4.69) is 15.6 Å². The lowest BCUT2D eigenvalue weighted by atomic mass is 9.85. The molecule has 272 valence electrons. The highest BCUT2D eigenvalue weighted by atomic mass is 33.1. The summed E-state index contributed by atoms with van der Waals surface area (Å²) >= 11 is 1.54. The van der Waals surface area contributed by atoms with Gasteiger partial charge in [0.1, 0.15) is 30.4 Å². The second kappa shape index (κ2) is 15.7. The minimum Gasteiger partial charge on any atom is -0.444 e. The van der Waals surface area contributed by atoms with E-state index in [0.29, 0.717) is 10.8 Å². The first-order valence-corrected chi connectivity index (χ1v) is 19.9. The molecule has 3 rings (SSSR count). The number of hydrogen-bond acceptors (Lipinski definition) is 12. The number of thiazole rings is 1. The Morgan fingerprint density at radius 1 is 1.06 bits per heavy atom. The Hall–Kier alpha value is -3.37. The van der Waals surface area contributed by atoms with Gasteiger partial charge in [-0.15, -0.1) is 11.3 Å². The molecule has 3 amide bonds. The summed E-state index contributed by atoms with van der Waals surface area (Å²) in [7, 11) is -2.75. The maximum Gasteiger partial charge on any atom is 0.508 e. The fraction of sp³-hybridized carbons (Fsp3) is 0.606. The molecule has 3 atom stereocenters. The van der Waals surface area contributed by atoms with E-state index in [1.54, 1.807) is 72.2 Å². The van der Waals surface area contributed by atoms with E-state index >= 15 is 0 Å². The number of nitrogens with zero attached hydrogens (tertiary/aromatic N) is 2. The first-order valence-electron chi connectivity index (χ1n) is 15.8. The van der Waals surface area contributed by atoms with Crippen LogP contribution in [0.3, 0.4) is 0 Å². The summed E-state index contributed by atoms with van der Waals surface area (Å²) in [6, 6.07) is 5.59. The van der Waals surface area contributed by atoms with Crippen LogP contribution in [0.5, 0.6) is 0 Å². The van der Waals surface area contributed by atoms with Crippen molar-refractivity contribution in [1.29, 1.82) is 0 Å². The third kappa shape index (κ3) is 12.5. The van der Waals surface area contributed by atoms with Gasteiger partial charge >= 0.3 is 12.2 Å². The second-order valence-electron chi connectivity index (χ2n) is 14.7. The molecular weight excluding hydrogens is 693 g/mol. The average Bonchev–Trinajstić information content (AvgIpc) is 3.57. The lowest BCUT2D eigenvalue weighted by molar-refractivity contribution is -0.142. The number of ether oxygens (including phenoxy) is 3. The van der Waals surface area contributed by atoms with Crippen LogP contribution >= 0.6 is 22.1 Å². The topological polar surface area (TPSA) is 170 Å². The molecule has 1 fully saturated rings. The number of benzene rings is 1. The van der Waals surface area contributed by atoms with E-state index in [9.17, 15) is 27.6 Å². The first kappa shape index (κ1) is 40.1. The monoisotopic (exact) mass is 740 g/mol. The summed E-state index contributed by atoms with van der Waals surface area (Å²) < 4.78 is 38.7. The zero-order valence-electron chi connectivity index (χ0n) is 29.7. The Morgan fingerprint density at radius 3 is 2.22 bits per heavy atom. The smallest absolute Gasteiger partial charge is 0.444 e. The zero-order chi connectivity index (χ0) is 36.9. The highest BCUT2D eigenvalue weighted by Gasteiger charge is 2.46. The van der Waals surface area contributed by atoms with Gasteiger partial charge in [-0.25, -0.2) is 23.0 Å². The number of alkyl carbamates (subject to hydrolysis) is 1. The molecule has 1 saturated heterocycles. The number of carbonyl (C=O) groups excluding carboxylic acids is 4. The van der Waals surface area contributed by atoms with Gasteiger partial charge in [0.15, 0.2) is 8.87 Å². The molecule has 49 heavy (non-hydrogen) atoms. The van der Waals surface area contributed by atoms with Gasteiger partial charge in [0.05, 0.1) is 27.4 Å². The van der Waals surface area contributed by atoms with Crippen molar-refractivity contribution in [2.75, 3.05) is 19.4 Å². The molecule has 1 aromatic carbocycles. The van der Waals surface area contributed by atoms with Crippen LogP contribution in [0.15, 0.2) is 29.8 Å². The van der Waals surface area contributed by atoms with Crippen molar-refractivity contribution in [3.63, 3.8) is 0 Å². The fourth-order valence-electron chi connectivity index (χ4n) is 5.11. The molecule has 0 spiro atoms. The summed E-state index contributed by atoms with van der Waals surface area (Å²) in [6.07, 6.45) is -1.72. The highest BCUT2D eigenvalue weighted by Crippen LogP contribution is 2.31. The van der Waals surface area contributed by atoms with E-state index in [0.717, 1.165) is 28.0 Å². The largest absolute Gasteiger partial charge is 0.508 e. The van der Waals surface area contributed by atoms with Crippen LogP contribution in [-0.4, -0.2) is 90.3 Å². The summed E-state index contributed by atoms with van der Waals surface area (Å²) in [6.45, 7) is 15.4. The molecular formula is C33H48N4O9S3. The number of nitrogens with one attached hydrogen (secondary N) is 2. The van der Waals surface area contributed by atoms with Gasteiger partial charge in [-0.1, -0.05) is 45.0 Å². The molecule has 0 bridgehead atoms. The van der Waals surface area contributed by atoms with E-state index in [-0.39, 0.29) is 26.1 Å². The normalized spacial score (nSPS) is 17.6. The van der Waals surface area contributed by atoms with Crippen molar-refractivity contribution >= 4 is 55.1 Å². The number of likely N-dealkylation sites (tertiary alicyclic amines) is 1. The molecule has 1 aliphatic heterocycles. The van der Waals surface area contributed by atoms with Gasteiger partial charge < -0.3 is 29.7 Å². The van der Waals surface area contributed by atoms with Crippen LogP contribution in [0.2, 0.25) is 0 Å². The maximum atomic E-state index is 14.1. The lowest BCUT2D eigenvalue weighted by Crippen LogP contribution is -2.58. The quantitative estimate of drug-likeness (QED) is 0.227. The Balaban J connectivity index is 1.78. The molecule has 1 aromatic heterocycles. The molecule has 0 radical (unpaired) electrons. The Bertz CT molecular complexity index is 1610. The third-order valence-corrected chi connectivity index (χ3v) is 11.3. The van der Waals surface area contributed by atoms with Crippen LogP contribution in [0, 0.1) is 12.3 Å². The van der Waals surface area contributed by atoms with Gasteiger partial charge in [0.2, 0.25) is 11.8 Å². The van der Waals surface area contributed by atoms with Crippen LogP contribution in [0.1, 0.15) is 73.1 Å². The molecule has 16 heteroatoms. The summed E-state index contributed by atoms with van der Waals surface area (Å²) in [5.41, 5.74) is 2.98. The molecule has 2 aromatic rings. The van der Waals surface area contributed by atoms with Crippen LogP contribution in [-0.2, 0) is 39.2 Å². The van der Waals surface area contributed by atoms with Crippen molar-refractivity contribution in [2.24, 2.45) is 5.41 Å². The van der Waals surface area contributed by atoms with Gasteiger partial charge in [-0.2, -0.15) is 0 Å². The highest BCUT2D eigenvalue weighted by molar-refractivity contribution is 8.72. The summed E-state index contributed by atoms with van der Waals surface area (Å²) in [5.74, 6) is -1.02. The number of aromatic nitrogens is 1. The lowest BCUT2D eigenvalue weighted by Gasteiger charge is -2.35. The van der Waals surface area contributed by atoms with Gasteiger partial charge in [-0.05, 0) is 68.9 Å². The van der Waals surface area contributed by atoms with E-state index in [4.69, 9.17) is 14.2 Å². The molecule has 13 nitrogen and oxygen atoms in total. The standard InChI is InChI=1S/C33H48N4O9S3/c1-20-25(47-19-35-20)22-13-11-21(12-14-22)16-34-27(38)24-15-23(45-30(41)44-18-33(8,9)48-49(10,42)43)17-37(24)28(39)26(31(2,3)4)36-29(40)46-32(5,6)7/h11-14,19,23-24,26H,15-18H2,1-10H3,(H,34,38)(H,36,40)/t23-,24+,26-/m1/s1. The number of hydrogen-bond donors (Lipinski definition) is 2. The first-order chi connectivity index (χ1) is 22.4. The summed E-state index contributed by atoms with van der Waals surface area (Å²) in [5, 5.41) is 5.56. The Labute approximate surface area is 296 Å². The number of amides is 3. The molecule has 0 saturated carbocycles. The van der Waals surface area contributed by atoms with E-state index in [1.165, 1.54) is 4.90 Å². The molecule has 0 aliphatic carbocycles. The van der Waals surface area contributed by atoms with Gasteiger partial charge in [0.25, 0.3) is 0 Å². The van der Waals surface area contributed by atoms with Crippen LogP contribution in [0.25, 0.3) is 10.4 Å². The predicted octanol–water partition coefficient (Wildman–Crippen LogP) is 5.27. The van der Waals surface area contributed by atoms with Crippen molar-refractivity contribution in [3.05, 3.63) is 41.0 Å². The van der Waals surface area contributed by atoms with E-state index in [1.807, 2.05) is 31.2 Å². The number of carbonyl (C=O) groups is 4. The summed E-state index contributed by atoms with van der Waals surface area (Å²) in [4.78, 5) is 59.9. The number of rotatable bonds is 11. The van der Waals surface area contributed by atoms with Crippen molar-refractivity contribution in [2.45, 2.75) is 104 Å². The third-order valence-electron chi connectivity index (χ3n) is 7.23. The molecule has 1 aliphatic rings. The minimum atomic E-state index is -3.41. The number of aryl methyl sites for hydroxylation is 1. The predicted molar refractivity (Wildman–Crippen MR) is 190 cm³/mol. The Morgan fingerprint density at radius 2 is 1.69 bits per heavy atom. The van der Waals surface area contributed by atoms with Crippen LogP contribution < -0.4 is 10.6 Å². The van der Waals surface area contributed by atoms with E-state index < -0.39 is 66.9 Å². The van der Waals surface area contributed by atoms with Gasteiger partial charge in [0, 0.05) is 19.2 Å². The Kier molecular flexibility index (Phi) is 12.8. The molecule has 2 heterocycles. The SMILES string of the molecule is Cc1ncsc1-c1ccc(CNC(=O)[C@@H]2C[C@@H](OC(=O)OCC(C)(C)SS(C)(=O)=O)CN2C(=O)[C@@H](NC(=O)OC(C)(C)C)C(C)(C)C)cc1. The second-order valence-corrected chi connectivity index (χ2v) is 20.5. The maximum absolute atomic E-state index is 14.1. The fourth-order valence-corrected chi connectivity index (χ4v) is 9.45.